The maximum absolute atomic E-state index is 12.6. The highest BCUT2D eigenvalue weighted by molar-refractivity contribution is 7.89. The van der Waals surface area contributed by atoms with Crippen molar-refractivity contribution in [3.63, 3.8) is 0 Å². The minimum atomic E-state index is -3.60. The summed E-state index contributed by atoms with van der Waals surface area (Å²) in [5.74, 6) is 0.201. The van der Waals surface area contributed by atoms with Gasteiger partial charge < -0.3 is 10.1 Å². The lowest BCUT2D eigenvalue weighted by atomic mass is 10.00. The van der Waals surface area contributed by atoms with Crippen LogP contribution in [-0.4, -0.2) is 57.8 Å². The van der Waals surface area contributed by atoms with Crippen LogP contribution in [0.2, 0.25) is 0 Å². The summed E-state index contributed by atoms with van der Waals surface area (Å²) in [6.07, 6.45) is 0.906. The number of sulfonamides is 1. The Morgan fingerprint density at radius 2 is 1.89 bits per heavy atom. The van der Waals surface area contributed by atoms with E-state index in [0.717, 1.165) is 23.8 Å². The zero-order valence-electron chi connectivity index (χ0n) is 16.3. The molecule has 2 aromatic rings. The number of amides is 1. The molecule has 150 valence electrons. The van der Waals surface area contributed by atoms with E-state index in [4.69, 9.17) is 4.74 Å². The van der Waals surface area contributed by atoms with Gasteiger partial charge in [-0.2, -0.15) is 0 Å². The molecule has 0 saturated carbocycles. The van der Waals surface area contributed by atoms with E-state index in [-0.39, 0.29) is 17.3 Å². The fourth-order valence-corrected chi connectivity index (χ4v) is 4.17. The monoisotopic (exact) mass is 403 g/mol. The van der Waals surface area contributed by atoms with Crippen LogP contribution in [0.3, 0.4) is 0 Å². The van der Waals surface area contributed by atoms with E-state index in [2.05, 4.69) is 22.3 Å². The number of hydrogen-bond donors (Lipinski definition) is 1. The van der Waals surface area contributed by atoms with Crippen molar-refractivity contribution < 1.29 is 17.9 Å². The number of hydrogen-bond acceptors (Lipinski definition) is 5. The molecule has 0 spiro atoms. The first-order chi connectivity index (χ1) is 13.3. The van der Waals surface area contributed by atoms with Gasteiger partial charge >= 0.3 is 0 Å². The summed E-state index contributed by atoms with van der Waals surface area (Å²) in [6.45, 7) is 1.74. The summed E-state index contributed by atoms with van der Waals surface area (Å²) in [5.41, 5.74) is 2.90. The second-order valence-corrected chi connectivity index (χ2v) is 9.08. The van der Waals surface area contributed by atoms with Crippen molar-refractivity contribution in [1.29, 1.82) is 0 Å². The highest BCUT2D eigenvalue weighted by atomic mass is 32.2. The van der Waals surface area contributed by atoms with Crippen LogP contribution >= 0.6 is 0 Å². The number of methoxy groups -OCH3 is 1. The number of benzene rings is 2. The normalized spacial score (nSPS) is 14.6. The lowest BCUT2D eigenvalue weighted by Crippen LogP contribution is -2.37. The highest BCUT2D eigenvalue weighted by Gasteiger charge is 2.21. The van der Waals surface area contributed by atoms with E-state index in [1.54, 1.807) is 6.07 Å². The van der Waals surface area contributed by atoms with Crippen molar-refractivity contribution in [2.75, 3.05) is 39.6 Å². The average molecular weight is 404 g/mol. The van der Waals surface area contributed by atoms with Crippen molar-refractivity contribution in [3.8, 4) is 5.75 Å². The molecule has 0 atom stereocenters. The van der Waals surface area contributed by atoms with Crippen LogP contribution in [0.1, 0.15) is 11.1 Å². The predicted octanol–water partition coefficient (Wildman–Crippen LogP) is 1.94. The van der Waals surface area contributed by atoms with E-state index in [1.165, 1.54) is 44.5 Å². The van der Waals surface area contributed by atoms with Crippen molar-refractivity contribution in [2.45, 2.75) is 17.9 Å². The van der Waals surface area contributed by atoms with Crippen LogP contribution in [0.4, 0.5) is 5.69 Å². The van der Waals surface area contributed by atoms with Crippen molar-refractivity contribution >= 4 is 21.6 Å². The van der Waals surface area contributed by atoms with Gasteiger partial charge in [0.2, 0.25) is 15.9 Å². The van der Waals surface area contributed by atoms with Crippen molar-refractivity contribution in [3.05, 3.63) is 53.6 Å². The fraction of sp³-hybridized carbons (Fsp3) is 0.350. The Balaban J connectivity index is 1.73. The molecule has 1 aliphatic rings. The van der Waals surface area contributed by atoms with E-state index in [1.807, 2.05) is 12.1 Å². The van der Waals surface area contributed by atoms with Gasteiger partial charge in [-0.25, -0.2) is 12.7 Å². The molecule has 3 rings (SSSR count). The molecule has 2 aromatic carbocycles. The molecule has 0 saturated heterocycles. The Kier molecular flexibility index (Phi) is 6.02. The lowest BCUT2D eigenvalue weighted by Gasteiger charge is -2.28. The minimum absolute atomic E-state index is 0.0977. The Bertz CT molecular complexity index is 973. The quantitative estimate of drug-likeness (QED) is 0.798. The van der Waals surface area contributed by atoms with Crippen LogP contribution in [0.25, 0.3) is 0 Å². The maximum atomic E-state index is 12.6. The van der Waals surface area contributed by atoms with Crippen LogP contribution in [0, 0.1) is 0 Å². The van der Waals surface area contributed by atoms with Crippen molar-refractivity contribution in [2.24, 2.45) is 0 Å². The summed E-state index contributed by atoms with van der Waals surface area (Å²) >= 11 is 0. The van der Waals surface area contributed by atoms with Gasteiger partial charge in [-0.1, -0.05) is 24.3 Å². The van der Waals surface area contributed by atoms with Gasteiger partial charge in [-0.05, 0) is 35.7 Å². The first-order valence-electron chi connectivity index (χ1n) is 9.01. The number of nitrogens with zero attached hydrogens (tertiary/aromatic N) is 2. The third kappa shape index (κ3) is 4.35. The van der Waals surface area contributed by atoms with Gasteiger partial charge in [-0.3, -0.25) is 9.69 Å². The van der Waals surface area contributed by atoms with Crippen LogP contribution in [0.5, 0.6) is 5.75 Å². The Labute approximate surface area is 166 Å². The molecule has 28 heavy (non-hydrogen) atoms. The van der Waals surface area contributed by atoms with Gasteiger partial charge in [0.05, 0.1) is 24.2 Å². The molecular weight excluding hydrogens is 378 g/mol. The second-order valence-electron chi connectivity index (χ2n) is 6.93. The highest BCUT2D eigenvalue weighted by Crippen LogP contribution is 2.28. The summed E-state index contributed by atoms with van der Waals surface area (Å²) in [7, 11) is 0.803. The van der Waals surface area contributed by atoms with Gasteiger partial charge in [0.15, 0.2) is 0 Å². The zero-order chi connectivity index (χ0) is 20.3. The van der Waals surface area contributed by atoms with Gasteiger partial charge in [0.1, 0.15) is 5.75 Å². The average Bonchev–Trinajstić information content (AvgIpc) is 2.67. The van der Waals surface area contributed by atoms with E-state index in [9.17, 15) is 13.2 Å². The molecule has 0 aliphatic carbocycles. The molecular formula is C20H25N3O4S. The number of ether oxygens (including phenoxy) is 1. The molecule has 0 radical (unpaired) electrons. The van der Waals surface area contributed by atoms with Crippen LogP contribution < -0.4 is 10.1 Å². The number of carbonyl (C=O) groups excluding carboxylic acids is 1. The summed E-state index contributed by atoms with van der Waals surface area (Å²) in [6, 6.07) is 12.7. The topological polar surface area (TPSA) is 79.0 Å². The van der Waals surface area contributed by atoms with E-state index in [0.29, 0.717) is 11.4 Å². The number of anilines is 1. The largest absolute Gasteiger partial charge is 0.495 e. The Morgan fingerprint density at radius 1 is 1.18 bits per heavy atom. The van der Waals surface area contributed by atoms with Gasteiger partial charge in [0.25, 0.3) is 0 Å². The predicted molar refractivity (Wildman–Crippen MR) is 108 cm³/mol. The lowest BCUT2D eigenvalue weighted by molar-refractivity contribution is -0.117. The maximum Gasteiger partial charge on any atom is 0.242 e. The number of nitrogens with one attached hydrogen (secondary N) is 1. The molecule has 0 aromatic heterocycles. The molecule has 0 fully saturated rings. The minimum Gasteiger partial charge on any atom is -0.495 e. The SMILES string of the molecule is COc1ccc(S(=O)(=O)N(C)C)cc1NC(=O)CN1CCc2ccccc2C1. The fourth-order valence-electron chi connectivity index (χ4n) is 3.24. The van der Waals surface area contributed by atoms with Crippen LogP contribution in [-0.2, 0) is 27.8 Å². The van der Waals surface area contributed by atoms with E-state index < -0.39 is 10.0 Å². The van der Waals surface area contributed by atoms with Gasteiger partial charge in [-0.15, -0.1) is 0 Å². The molecule has 1 amide bonds. The van der Waals surface area contributed by atoms with Crippen LogP contribution in [0.15, 0.2) is 47.4 Å². The van der Waals surface area contributed by atoms with E-state index >= 15 is 0 Å². The standard InChI is InChI=1S/C20H25N3O4S/c1-22(2)28(25,26)17-8-9-19(27-3)18(12-17)21-20(24)14-23-11-10-15-6-4-5-7-16(15)13-23/h4-9,12H,10-11,13-14H2,1-3H3,(H,21,24). The Morgan fingerprint density at radius 3 is 2.57 bits per heavy atom. The summed E-state index contributed by atoms with van der Waals surface area (Å²) < 4.78 is 31.1. The summed E-state index contributed by atoms with van der Waals surface area (Å²) in [5, 5.41) is 2.80. The molecule has 0 bridgehead atoms. The van der Waals surface area contributed by atoms with Crippen molar-refractivity contribution in [1.82, 2.24) is 9.21 Å². The smallest absolute Gasteiger partial charge is 0.242 e. The number of rotatable bonds is 6. The molecule has 8 heteroatoms. The molecule has 0 unspecified atom stereocenters. The molecule has 7 nitrogen and oxygen atoms in total. The number of carbonyl (C=O) groups is 1. The third-order valence-corrected chi connectivity index (χ3v) is 6.61. The first-order valence-corrected chi connectivity index (χ1v) is 10.4. The molecule has 1 heterocycles. The Hall–Kier alpha value is -2.42. The molecule has 1 N–H and O–H groups in total. The zero-order valence-corrected chi connectivity index (χ0v) is 17.1. The first kappa shape index (κ1) is 20.3. The second kappa shape index (κ2) is 8.30. The molecule has 1 aliphatic heterocycles. The third-order valence-electron chi connectivity index (χ3n) is 4.80. The van der Waals surface area contributed by atoms with Gasteiger partial charge in [0, 0.05) is 27.2 Å². The number of fused-ring (bicyclic) bond motifs is 1. The summed E-state index contributed by atoms with van der Waals surface area (Å²) in [4.78, 5) is 14.8.